The SMILES string of the molecule is Cc1cc(O)ccc1C(=O)N1CCO[C@@H](CN(C)C)[C@@H]1c1cnn(C)c1. The number of hydrogen-bond donors (Lipinski definition) is 1. The van der Waals surface area contributed by atoms with Gasteiger partial charge in [-0.2, -0.15) is 5.10 Å². The second-order valence-corrected chi connectivity index (χ2v) is 7.06. The molecule has 0 aliphatic carbocycles. The lowest BCUT2D eigenvalue weighted by atomic mass is 9.98. The van der Waals surface area contributed by atoms with E-state index in [4.69, 9.17) is 4.74 Å². The quantitative estimate of drug-likeness (QED) is 0.899. The minimum absolute atomic E-state index is 0.0524. The van der Waals surface area contributed by atoms with Gasteiger partial charge in [-0.15, -0.1) is 0 Å². The fraction of sp³-hybridized carbons (Fsp3) is 0.474. The average molecular weight is 358 g/mol. The Bertz CT molecular complexity index is 787. The van der Waals surface area contributed by atoms with E-state index in [9.17, 15) is 9.90 Å². The highest BCUT2D eigenvalue weighted by atomic mass is 16.5. The molecule has 0 spiro atoms. The Labute approximate surface area is 153 Å². The third kappa shape index (κ3) is 3.73. The van der Waals surface area contributed by atoms with Gasteiger partial charge in [0.2, 0.25) is 0 Å². The number of carbonyl (C=O) groups excluding carboxylic acids is 1. The van der Waals surface area contributed by atoms with E-state index in [1.165, 1.54) is 0 Å². The van der Waals surface area contributed by atoms with Gasteiger partial charge in [0.25, 0.3) is 5.91 Å². The number of benzene rings is 1. The summed E-state index contributed by atoms with van der Waals surface area (Å²) in [5, 5.41) is 13.9. The van der Waals surface area contributed by atoms with Gasteiger partial charge >= 0.3 is 0 Å². The molecule has 1 aliphatic rings. The molecule has 0 bridgehead atoms. The first-order valence-corrected chi connectivity index (χ1v) is 8.72. The van der Waals surface area contributed by atoms with E-state index in [0.29, 0.717) is 25.3 Å². The molecule has 1 fully saturated rings. The van der Waals surface area contributed by atoms with Crippen LogP contribution in [0.1, 0.15) is 27.5 Å². The third-order valence-corrected chi connectivity index (χ3v) is 4.66. The predicted octanol–water partition coefficient (Wildman–Crippen LogP) is 1.58. The monoisotopic (exact) mass is 358 g/mol. The highest BCUT2D eigenvalue weighted by molar-refractivity contribution is 5.96. The first-order valence-electron chi connectivity index (χ1n) is 8.72. The zero-order valence-electron chi connectivity index (χ0n) is 15.7. The molecule has 1 aromatic carbocycles. The standard InChI is InChI=1S/C19H26N4O3/c1-13-9-15(24)5-6-16(13)19(25)23-7-8-26-17(12-21(2)3)18(23)14-10-20-22(4)11-14/h5-6,9-11,17-18,24H,7-8,12H2,1-4H3/t17-,18-/m0/s1. The van der Waals surface area contributed by atoms with Crippen LogP contribution in [0.5, 0.6) is 5.75 Å². The fourth-order valence-electron chi connectivity index (χ4n) is 3.50. The van der Waals surface area contributed by atoms with Crippen molar-refractivity contribution >= 4 is 5.91 Å². The summed E-state index contributed by atoms with van der Waals surface area (Å²) < 4.78 is 7.76. The Morgan fingerprint density at radius 3 is 2.81 bits per heavy atom. The van der Waals surface area contributed by atoms with Crippen LogP contribution in [-0.4, -0.2) is 70.5 Å². The van der Waals surface area contributed by atoms with Gasteiger partial charge < -0.3 is 19.6 Å². The molecule has 1 N–H and O–H groups in total. The minimum Gasteiger partial charge on any atom is -0.508 e. The minimum atomic E-state index is -0.208. The van der Waals surface area contributed by atoms with Crippen molar-refractivity contribution in [2.45, 2.75) is 19.1 Å². The first-order chi connectivity index (χ1) is 12.4. The molecule has 1 saturated heterocycles. The van der Waals surface area contributed by atoms with Crippen LogP contribution in [0.4, 0.5) is 0 Å². The summed E-state index contributed by atoms with van der Waals surface area (Å²) in [4.78, 5) is 17.2. The van der Waals surface area contributed by atoms with E-state index in [2.05, 4.69) is 10.00 Å². The summed E-state index contributed by atoms with van der Waals surface area (Å²) in [6.45, 7) is 3.56. The number of amides is 1. The van der Waals surface area contributed by atoms with Crippen molar-refractivity contribution < 1.29 is 14.6 Å². The van der Waals surface area contributed by atoms with Gasteiger partial charge in [0.05, 0.1) is 24.9 Å². The van der Waals surface area contributed by atoms with Crippen molar-refractivity contribution in [3.8, 4) is 5.75 Å². The highest BCUT2D eigenvalue weighted by Gasteiger charge is 2.38. The van der Waals surface area contributed by atoms with Gasteiger partial charge in [0.15, 0.2) is 0 Å². The van der Waals surface area contributed by atoms with Crippen LogP contribution in [0.2, 0.25) is 0 Å². The van der Waals surface area contributed by atoms with Gasteiger partial charge in [0.1, 0.15) is 5.75 Å². The summed E-state index contributed by atoms with van der Waals surface area (Å²) in [6.07, 6.45) is 3.60. The van der Waals surface area contributed by atoms with E-state index >= 15 is 0 Å². The summed E-state index contributed by atoms with van der Waals surface area (Å²) in [7, 11) is 5.85. The molecule has 0 unspecified atom stereocenters. The molecule has 1 aromatic heterocycles. The third-order valence-electron chi connectivity index (χ3n) is 4.66. The number of morpholine rings is 1. The van der Waals surface area contributed by atoms with E-state index in [-0.39, 0.29) is 23.8 Å². The number of phenolic OH excluding ortho intramolecular Hbond substituents is 1. The number of hydrogen-bond acceptors (Lipinski definition) is 5. The Hall–Kier alpha value is -2.38. The van der Waals surface area contributed by atoms with E-state index in [1.54, 1.807) is 29.1 Å². The van der Waals surface area contributed by atoms with Crippen LogP contribution in [0.25, 0.3) is 0 Å². The zero-order valence-corrected chi connectivity index (χ0v) is 15.7. The maximum atomic E-state index is 13.3. The number of aromatic hydroxyl groups is 1. The van der Waals surface area contributed by atoms with Crippen molar-refractivity contribution in [2.75, 3.05) is 33.8 Å². The molecule has 7 nitrogen and oxygen atoms in total. The van der Waals surface area contributed by atoms with E-state index < -0.39 is 0 Å². The lowest BCUT2D eigenvalue weighted by molar-refractivity contribution is -0.0685. The molecule has 2 aromatic rings. The number of carbonyl (C=O) groups is 1. The number of phenols is 1. The number of ether oxygens (including phenoxy) is 1. The smallest absolute Gasteiger partial charge is 0.254 e. The van der Waals surface area contributed by atoms with Crippen LogP contribution in [0.3, 0.4) is 0 Å². The molecule has 26 heavy (non-hydrogen) atoms. The van der Waals surface area contributed by atoms with Crippen molar-refractivity contribution in [3.63, 3.8) is 0 Å². The Kier molecular flexibility index (Phi) is 5.29. The van der Waals surface area contributed by atoms with Crippen LogP contribution in [-0.2, 0) is 11.8 Å². The summed E-state index contributed by atoms with van der Waals surface area (Å²) >= 11 is 0. The summed E-state index contributed by atoms with van der Waals surface area (Å²) in [6, 6.07) is 4.64. The van der Waals surface area contributed by atoms with Crippen LogP contribution < -0.4 is 0 Å². The fourth-order valence-corrected chi connectivity index (χ4v) is 3.50. The molecule has 0 saturated carbocycles. The van der Waals surface area contributed by atoms with Crippen molar-refractivity contribution in [2.24, 2.45) is 7.05 Å². The lowest BCUT2D eigenvalue weighted by Crippen LogP contribution is -2.51. The van der Waals surface area contributed by atoms with Crippen molar-refractivity contribution in [1.29, 1.82) is 0 Å². The Morgan fingerprint density at radius 2 is 2.19 bits per heavy atom. The molecule has 2 atom stereocenters. The number of rotatable bonds is 4. The molecular formula is C19H26N4O3. The normalized spacial score (nSPS) is 20.6. The summed E-state index contributed by atoms with van der Waals surface area (Å²) in [5.74, 6) is 0.110. The molecule has 2 heterocycles. The maximum Gasteiger partial charge on any atom is 0.254 e. The second kappa shape index (κ2) is 7.47. The van der Waals surface area contributed by atoms with Gasteiger partial charge in [0, 0.05) is 37.5 Å². The van der Waals surface area contributed by atoms with Gasteiger partial charge in [-0.25, -0.2) is 0 Å². The number of nitrogens with zero attached hydrogens (tertiary/aromatic N) is 4. The second-order valence-electron chi connectivity index (χ2n) is 7.06. The summed E-state index contributed by atoms with van der Waals surface area (Å²) in [5.41, 5.74) is 2.32. The van der Waals surface area contributed by atoms with Gasteiger partial charge in [-0.3, -0.25) is 9.48 Å². The van der Waals surface area contributed by atoms with Crippen molar-refractivity contribution in [3.05, 3.63) is 47.3 Å². The predicted molar refractivity (Wildman–Crippen MR) is 98.1 cm³/mol. The van der Waals surface area contributed by atoms with Crippen LogP contribution in [0.15, 0.2) is 30.6 Å². The van der Waals surface area contributed by atoms with Gasteiger partial charge in [-0.1, -0.05) is 0 Å². The molecular weight excluding hydrogens is 332 g/mol. The van der Waals surface area contributed by atoms with Crippen molar-refractivity contribution in [1.82, 2.24) is 19.6 Å². The topological polar surface area (TPSA) is 70.8 Å². The molecule has 1 aliphatic heterocycles. The Balaban J connectivity index is 1.97. The zero-order chi connectivity index (χ0) is 18.8. The first kappa shape index (κ1) is 18.4. The number of aromatic nitrogens is 2. The molecule has 0 radical (unpaired) electrons. The van der Waals surface area contributed by atoms with E-state index in [1.807, 2.05) is 39.2 Å². The van der Waals surface area contributed by atoms with Crippen LogP contribution in [0, 0.1) is 6.92 Å². The molecule has 3 rings (SSSR count). The highest BCUT2D eigenvalue weighted by Crippen LogP contribution is 2.32. The molecule has 7 heteroatoms. The number of aryl methyl sites for hydroxylation is 2. The van der Waals surface area contributed by atoms with Crippen LogP contribution >= 0.6 is 0 Å². The average Bonchev–Trinajstić information content (AvgIpc) is 2.99. The molecule has 1 amide bonds. The molecule has 140 valence electrons. The van der Waals surface area contributed by atoms with Gasteiger partial charge in [-0.05, 0) is 44.8 Å². The van der Waals surface area contributed by atoms with E-state index in [0.717, 1.165) is 11.1 Å². The maximum absolute atomic E-state index is 13.3. The lowest BCUT2D eigenvalue weighted by Gasteiger charge is -2.42. The largest absolute Gasteiger partial charge is 0.508 e. The number of likely N-dealkylation sites (N-methyl/N-ethyl adjacent to an activating group) is 1. The Morgan fingerprint density at radius 1 is 1.42 bits per heavy atom.